The number of rotatable bonds is 3. The summed E-state index contributed by atoms with van der Waals surface area (Å²) in [4.78, 5) is 18.0. The predicted molar refractivity (Wildman–Crippen MR) is 98.3 cm³/mol. The van der Waals surface area contributed by atoms with Crippen molar-refractivity contribution in [3.63, 3.8) is 0 Å². The average molecular weight is 345 g/mol. The molecule has 3 aliphatic rings. The van der Waals surface area contributed by atoms with E-state index >= 15 is 0 Å². The maximum Gasteiger partial charge on any atom is 0.342 e. The molecule has 1 heterocycles. The van der Waals surface area contributed by atoms with Crippen LogP contribution in [0.15, 0.2) is 71.7 Å². The largest absolute Gasteiger partial charge is 0.497 e. The van der Waals surface area contributed by atoms with E-state index in [0.717, 1.165) is 23.3 Å². The van der Waals surface area contributed by atoms with Gasteiger partial charge in [0.05, 0.1) is 7.11 Å². The molecule has 0 aromatic heterocycles. The quantitative estimate of drug-likeness (QED) is 0.629. The number of ether oxygens (including phenoxy) is 2. The number of methoxy groups -OCH3 is 1. The Morgan fingerprint density at radius 2 is 1.96 bits per heavy atom. The highest BCUT2D eigenvalue weighted by atomic mass is 16.6. The number of nitrogens with zero attached hydrogens (tertiary/aromatic N) is 1. The molecule has 0 saturated heterocycles. The van der Waals surface area contributed by atoms with Crippen LogP contribution >= 0.6 is 0 Å². The standard InChI is InChI=1S/C22H19NO3/c1-25-18-9-5-8-15(13-18)19-16-10-11-17(12-16)22(19)21(24)26-20(23-22)14-6-3-2-4-7-14/h2-11,13,16-17,19H,12H2,1H3/t16-,17+,19+,22-/m0/s1. The Morgan fingerprint density at radius 1 is 1.12 bits per heavy atom. The van der Waals surface area contributed by atoms with Crippen LogP contribution in [0.4, 0.5) is 0 Å². The molecule has 130 valence electrons. The molecule has 2 aliphatic carbocycles. The number of cyclic esters (lactones) is 1. The minimum Gasteiger partial charge on any atom is -0.497 e. The Morgan fingerprint density at radius 3 is 2.77 bits per heavy atom. The van der Waals surface area contributed by atoms with Crippen LogP contribution < -0.4 is 4.74 Å². The number of benzene rings is 2. The van der Waals surface area contributed by atoms with Gasteiger partial charge < -0.3 is 9.47 Å². The molecule has 26 heavy (non-hydrogen) atoms. The number of carbonyl (C=O) groups is 1. The van der Waals surface area contributed by atoms with Crippen molar-refractivity contribution in [2.45, 2.75) is 17.9 Å². The van der Waals surface area contributed by atoms with Crippen LogP contribution in [0, 0.1) is 11.8 Å². The Bertz CT molecular complexity index is 933. The molecule has 0 radical (unpaired) electrons. The van der Waals surface area contributed by atoms with E-state index < -0.39 is 5.54 Å². The van der Waals surface area contributed by atoms with Gasteiger partial charge in [-0.1, -0.05) is 42.5 Å². The third-order valence-electron chi connectivity index (χ3n) is 5.86. The van der Waals surface area contributed by atoms with E-state index in [1.54, 1.807) is 7.11 Å². The minimum atomic E-state index is -0.864. The summed E-state index contributed by atoms with van der Waals surface area (Å²) < 4.78 is 11.1. The van der Waals surface area contributed by atoms with Gasteiger partial charge in [-0.25, -0.2) is 9.79 Å². The van der Waals surface area contributed by atoms with Crippen molar-refractivity contribution in [2.24, 2.45) is 16.8 Å². The van der Waals surface area contributed by atoms with E-state index in [-0.39, 0.29) is 17.8 Å². The highest BCUT2D eigenvalue weighted by Gasteiger charge is 2.65. The van der Waals surface area contributed by atoms with Gasteiger partial charge >= 0.3 is 5.97 Å². The number of hydrogen-bond acceptors (Lipinski definition) is 4. The van der Waals surface area contributed by atoms with E-state index in [1.807, 2.05) is 48.5 Å². The van der Waals surface area contributed by atoms with Gasteiger partial charge in [0.15, 0.2) is 5.54 Å². The lowest BCUT2D eigenvalue weighted by atomic mass is 9.73. The summed E-state index contributed by atoms with van der Waals surface area (Å²) in [5.41, 5.74) is 1.06. The van der Waals surface area contributed by atoms with Crippen molar-refractivity contribution in [3.05, 3.63) is 77.9 Å². The average Bonchev–Trinajstić information content (AvgIpc) is 3.37. The summed E-state index contributed by atoms with van der Waals surface area (Å²) in [5, 5.41) is 0. The van der Waals surface area contributed by atoms with Gasteiger partial charge in [0.1, 0.15) is 5.75 Å². The summed E-state index contributed by atoms with van der Waals surface area (Å²) in [5.74, 6) is 1.34. The number of hydrogen-bond donors (Lipinski definition) is 0. The third-order valence-corrected chi connectivity index (χ3v) is 5.86. The molecule has 1 fully saturated rings. The molecule has 0 N–H and O–H groups in total. The van der Waals surface area contributed by atoms with E-state index in [2.05, 4.69) is 18.2 Å². The van der Waals surface area contributed by atoms with Crippen molar-refractivity contribution in [3.8, 4) is 5.75 Å². The van der Waals surface area contributed by atoms with Crippen molar-refractivity contribution >= 4 is 11.9 Å². The fraction of sp³-hybridized carbons (Fsp3) is 0.273. The first-order valence-corrected chi connectivity index (χ1v) is 8.92. The fourth-order valence-corrected chi connectivity index (χ4v) is 4.74. The number of carbonyl (C=O) groups excluding carboxylic acids is 1. The molecular formula is C22H19NO3. The van der Waals surface area contributed by atoms with Gasteiger partial charge in [0, 0.05) is 17.4 Å². The second kappa shape index (κ2) is 5.56. The van der Waals surface area contributed by atoms with Crippen molar-refractivity contribution in [2.75, 3.05) is 7.11 Å². The second-order valence-corrected chi connectivity index (χ2v) is 7.14. The summed E-state index contributed by atoms with van der Waals surface area (Å²) in [6, 6.07) is 17.6. The van der Waals surface area contributed by atoms with Crippen LogP contribution in [0.3, 0.4) is 0 Å². The van der Waals surface area contributed by atoms with Crippen molar-refractivity contribution < 1.29 is 14.3 Å². The van der Waals surface area contributed by atoms with E-state index in [9.17, 15) is 4.79 Å². The summed E-state index contributed by atoms with van der Waals surface area (Å²) in [7, 11) is 1.66. The maximum absolute atomic E-state index is 13.1. The van der Waals surface area contributed by atoms with Gasteiger partial charge in [-0.3, -0.25) is 0 Å². The molecule has 2 aromatic carbocycles. The molecule has 0 amide bonds. The number of allylic oxidation sites excluding steroid dienone is 1. The van der Waals surface area contributed by atoms with Gasteiger partial charge in [-0.05, 0) is 42.2 Å². The number of esters is 1. The molecule has 1 saturated carbocycles. The molecular weight excluding hydrogens is 326 g/mol. The monoisotopic (exact) mass is 345 g/mol. The Kier molecular flexibility index (Phi) is 3.29. The minimum absolute atomic E-state index is 0.0266. The predicted octanol–water partition coefficient (Wildman–Crippen LogP) is 3.73. The topological polar surface area (TPSA) is 47.9 Å². The summed E-state index contributed by atoms with van der Waals surface area (Å²) >= 11 is 0. The third kappa shape index (κ3) is 2.02. The SMILES string of the molecule is COc1cccc([C@@H]2[C@H]3C=C[C@H](C3)[C@]23N=C(c2ccccc2)OC3=O)c1. The number of aliphatic imine (C=N–C) groups is 1. The second-order valence-electron chi connectivity index (χ2n) is 7.14. The number of fused-ring (bicyclic) bond motifs is 3. The molecule has 2 aromatic rings. The van der Waals surface area contributed by atoms with Crippen LogP contribution in [0.1, 0.15) is 23.5 Å². The van der Waals surface area contributed by atoms with Crippen LogP contribution in [-0.4, -0.2) is 24.5 Å². The molecule has 2 bridgehead atoms. The maximum atomic E-state index is 13.1. The lowest BCUT2D eigenvalue weighted by molar-refractivity contribution is -0.140. The van der Waals surface area contributed by atoms with Crippen molar-refractivity contribution in [1.29, 1.82) is 0 Å². The molecule has 1 spiro atoms. The van der Waals surface area contributed by atoms with Crippen LogP contribution in [0.5, 0.6) is 5.75 Å². The zero-order chi connectivity index (χ0) is 17.7. The smallest absolute Gasteiger partial charge is 0.342 e. The van der Waals surface area contributed by atoms with Crippen LogP contribution in [0.2, 0.25) is 0 Å². The fourth-order valence-electron chi connectivity index (χ4n) is 4.74. The van der Waals surface area contributed by atoms with Gasteiger partial charge in [-0.2, -0.15) is 0 Å². The van der Waals surface area contributed by atoms with Gasteiger partial charge in [0.2, 0.25) is 5.90 Å². The first kappa shape index (κ1) is 15.4. The summed E-state index contributed by atoms with van der Waals surface area (Å²) in [6.45, 7) is 0. The Hall–Kier alpha value is -2.88. The van der Waals surface area contributed by atoms with Gasteiger partial charge in [-0.15, -0.1) is 0 Å². The molecule has 4 nitrogen and oxygen atoms in total. The lowest BCUT2D eigenvalue weighted by Crippen LogP contribution is -2.44. The highest BCUT2D eigenvalue weighted by Crippen LogP contribution is 2.59. The van der Waals surface area contributed by atoms with E-state index in [0.29, 0.717) is 11.8 Å². The lowest BCUT2D eigenvalue weighted by Gasteiger charge is -2.32. The molecule has 4 atom stereocenters. The first-order chi connectivity index (χ1) is 12.7. The zero-order valence-corrected chi connectivity index (χ0v) is 14.5. The highest BCUT2D eigenvalue weighted by molar-refractivity contribution is 6.09. The van der Waals surface area contributed by atoms with Crippen LogP contribution in [-0.2, 0) is 9.53 Å². The normalized spacial score (nSPS) is 31.3. The van der Waals surface area contributed by atoms with Crippen molar-refractivity contribution in [1.82, 2.24) is 0 Å². The molecule has 4 heteroatoms. The molecule has 1 aliphatic heterocycles. The van der Waals surface area contributed by atoms with Gasteiger partial charge in [0.25, 0.3) is 0 Å². The zero-order valence-electron chi connectivity index (χ0n) is 14.5. The molecule has 0 unspecified atom stereocenters. The van der Waals surface area contributed by atoms with Crippen LogP contribution in [0.25, 0.3) is 0 Å². The van der Waals surface area contributed by atoms with E-state index in [4.69, 9.17) is 14.5 Å². The molecule has 5 rings (SSSR count). The first-order valence-electron chi connectivity index (χ1n) is 8.92. The Labute approximate surface area is 152 Å². The Balaban J connectivity index is 1.65. The van der Waals surface area contributed by atoms with E-state index in [1.165, 1.54) is 0 Å². The summed E-state index contributed by atoms with van der Waals surface area (Å²) in [6.07, 6.45) is 5.30.